The van der Waals surface area contributed by atoms with Gasteiger partial charge in [-0.25, -0.2) is 0 Å². The van der Waals surface area contributed by atoms with Crippen LogP contribution in [0.5, 0.6) is 0 Å². The van der Waals surface area contributed by atoms with Gasteiger partial charge in [-0.3, -0.25) is 0 Å². The van der Waals surface area contributed by atoms with Crippen LogP contribution in [0, 0.1) is 12.3 Å². The molecule has 3 aliphatic rings. The van der Waals surface area contributed by atoms with Crippen LogP contribution < -0.4 is 5.32 Å². The minimum Gasteiger partial charge on any atom is -0.386 e. The summed E-state index contributed by atoms with van der Waals surface area (Å²) in [6.45, 7) is 7.38. The zero-order valence-corrected chi connectivity index (χ0v) is 15.5. The molecule has 2 fully saturated rings. The summed E-state index contributed by atoms with van der Waals surface area (Å²) in [5, 5.41) is 15.1. The third-order valence-corrected chi connectivity index (χ3v) is 7.31. The molecule has 0 aromatic heterocycles. The molecule has 1 spiro atoms. The first-order valence-corrected chi connectivity index (χ1v) is 9.81. The fraction of sp³-hybridized carbons (Fsp3) is 0.417. The smallest absolute Gasteiger partial charge is 0.0860 e. The van der Waals surface area contributed by atoms with Gasteiger partial charge >= 0.3 is 0 Å². The Balaban J connectivity index is 1.58. The monoisotopic (exact) mass is 345 g/mol. The summed E-state index contributed by atoms with van der Waals surface area (Å²) < 4.78 is 0. The van der Waals surface area contributed by atoms with Crippen LogP contribution in [-0.2, 0) is 6.54 Å². The maximum atomic E-state index is 11.2. The average Bonchev–Trinajstić information content (AvgIpc) is 3.01. The van der Waals surface area contributed by atoms with Gasteiger partial charge in [0.25, 0.3) is 0 Å². The molecule has 0 unspecified atom stereocenters. The number of rotatable bonds is 3. The molecule has 134 valence electrons. The molecule has 5 rings (SSSR count). The van der Waals surface area contributed by atoms with Crippen molar-refractivity contribution < 1.29 is 5.11 Å². The van der Waals surface area contributed by atoms with Crippen molar-refractivity contribution in [3.63, 3.8) is 0 Å². The Labute approximate surface area is 156 Å². The molecule has 2 nitrogen and oxygen atoms in total. The molecule has 2 N–H and O–H groups in total. The fourth-order valence-electron chi connectivity index (χ4n) is 6.16. The van der Waals surface area contributed by atoms with Crippen molar-refractivity contribution in [2.75, 3.05) is 0 Å². The van der Waals surface area contributed by atoms with E-state index in [1.54, 1.807) is 0 Å². The zero-order chi connectivity index (χ0) is 17.9. The molecule has 26 heavy (non-hydrogen) atoms. The van der Waals surface area contributed by atoms with E-state index in [1.165, 1.54) is 22.3 Å². The van der Waals surface area contributed by atoms with Gasteiger partial charge in [0.2, 0.25) is 0 Å². The summed E-state index contributed by atoms with van der Waals surface area (Å²) in [4.78, 5) is 0. The number of aliphatic hydroxyl groups is 1. The Hall–Kier alpha value is -1.90. The van der Waals surface area contributed by atoms with Gasteiger partial charge in [-0.1, -0.05) is 55.1 Å². The van der Waals surface area contributed by atoms with Gasteiger partial charge in [-0.2, -0.15) is 0 Å². The number of aryl methyl sites for hydroxylation is 1. The number of benzene rings is 2. The van der Waals surface area contributed by atoms with Crippen molar-refractivity contribution >= 4 is 0 Å². The van der Waals surface area contributed by atoms with E-state index in [2.05, 4.69) is 67.4 Å². The molecule has 2 bridgehead atoms. The van der Waals surface area contributed by atoms with Crippen molar-refractivity contribution in [1.82, 2.24) is 5.32 Å². The molecule has 0 amide bonds. The predicted octanol–water partition coefficient (Wildman–Crippen LogP) is 4.78. The van der Waals surface area contributed by atoms with Crippen molar-refractivity contribution in [2.45, 2.75) is 56.7 Å². The Morgan fingerprint density at radius 1 is 1.15 bits per heavy atom. The van der Waals surface area contributed by atoms with E-state index in [1.807, 2.05) is 0 Å². The lowest BCUT2D eigenvalue weighted by molar-refractivity contribution is 0.00167. The van der Waals surface area contributed by atoms with E-state index >= 15 is 0 Å². The van der Waals surface area contributed by atoms with Crippen molar-refractivity contribution in [3.05, 3.63) is 82.9 Å². The molecule has 0 aliphatic heterocycles. The highest BCUT2D eigenvalue weighted by molar-refractivity contribution is 5.51. The average molecular weight is 345 g/mol. The largest absolute Gasteiger partial charge is 0.386 e. The van der Waals surface area contributed by atoms with Crippen LogP contribution in [0.25, 0.3) is 0 Å². The second kappa shape index (κ2) is 5.55. The van der Waals surface area contributed by atoms with Gasteiger partial charge in [0.15, 0.2) is 0 Å². The summed E-state index contributed by atoms with van der Waals surface area (Å²) in [7, 11) is 0. The molecule has 4 atom stereocenters. The minimum absolute atomic E-state index is 0.0767. The number of nitrogens with one attached hydrogen (secondary N) is 1. The summed E-state index contributed by atoms with van der Waals surface area (Å²) in [6, 6.07) is 17.7. The molecular formula is C24H27NO. The van der Waals surface area contributed by atoms with Crippen LogP contribution in [0.4, 0.5) is 0 Å². The lowest BCUT2D eigenvalue weighted by Gasteiger charge is -2.43. The van der Waals surface area contributed by atoms with E-state index in [-0.39, 0.29) is 11.5 Å². The second-order valence-corrected chi connectivity index (χ2v) is 8.69. The van der Waals surface area contributed by atoms with Crippen molar-refractivity contribution in [1.29, 1.82) is 0 Å². The number of hydrogen-bond acceptors (Lipinski definition) is 2. The van der Waals surface area contributed by atoms with Crippen molar-refractivity contribution in [2.24, 2.45) is 5.41 Å². The van der Waals surface area contributed by atoms with E-state index in [4.69, 9.17) is 0 Å². The summed E-state index contributed by atoms with van der Waals surface area (Å²) in [6.07, 6.45) is 3.71. The Kier molecular flexibility index (Phi) is 3.47. The highest BCUT2D eigenvalue weighted by atomic mass is 16.3. The highest BCUT2D eigenvalue weighted by Gasteiger charge is 2.64. The van der Waals surface area contributed by atoms with Crippen LogP contribution in [0.1, 0.15) is 59.9 Å². The van der Waals surface area contributed by atoms with Crippen LogP contribution in [0.15, 0.2) is 60.7 Å². The quantitative estimate of drug-likeness (QED) is 0.784. The molecule has 0 saturated heterocycles. The minimum atomic E-state index is -0.654. The Morgan fingerprint density at radius 2 is 1.96 bits per heavy atom. The summed E-state index contributed by atoms with van der Waals surface area (Å²) in [5.41, 5.74) is 6.15. The standard InChI is InChI=1S/C24H27NO/c1-16-7-6-10-19-20-11-12-24(26)15-23(20,13-17(24)2)22(21(16)19)25-14-18-8-4-3-5-9-18/h3-10,20,22,25-26H,2,11-15H2,1H3/t20-,22-,23-,24-/m0/s1. The molecule has 2 saturated carbocycles. The third kappa shape index (κ3) is 2.12. The van der Waals surface area contributed by atoms with E-state index < -0.39 is 5.60 Å². The molecule has 0 heterocycles. The Morgan fingerprint density at radius 3 is 2.77 bits per heavy atom. The van der Waals surface area contributed by atoms with Crippen LogP contribution in [-0.4, -0.2) is 10.7 Å². The molecular weight excluding hydrogens is 318 g/mol. The molecule has 2 heteroatoms. The molecule has 2 aromatic rings. The van der Waals surface area contributed by atoms with E-state index in [9.17, 15) is 5.11 Å². The molecule has 2 aromatic carbocycles. The van der Waals surface area contributed by atoms with Gasteiger partial charge in [0, 0.05) is 18.0 Å². The topological polar surface area (TPSA) is 32.3 Å². The third-order valence-electron chi connectivity index (χ3n) is 7.31. The first-order valence-electron chi connectivity index (χ1n) is 9.81. The number of hydrogen-bond donors (Lipinski definition) is 2. The van der Waals surface area contributed by atoms with Gasteiger partial charge < -0.3 is 10.4 Å². The first kappa shape index (κ1) is 16.3. The number of fused-ring (bicyclic) bond motifs is 3. The fourth-order valence-corrected chi connectivity index (χ4v) is 6.16. The van der Waals surface area contributed by atoms with E-state index in [0.717, 1.165) is 37.8 Å². The summed E-state index contributed by atoms with van der Waals surface area (Å²) in [5.74, 6) is 0.533. The summed E-state index contributed by atoms with van der Waals surface area (Å²) >= 11 is 0. The predicted molar refractivity (Wildman–Crippen MR) is 105 cm³/mol. The zero-order valence-electron chi connectivity index (χ0n) is 15.5. The lowest BCUT2D eigenvalue weighted by atomic mass is 9.65. The first-order chi connectivity index (χ1) is 12.5. The van der Waals surface area contributed by atoms with Crippen LogP contribution in [0.3, 0.4) is 0 Å². The van der Waals surface area contributed by atoms with Gasteiger partial charge in [-0.15, -0.1) is 0 Å². The van der Waals surface area contributed by atoms with Crippen LogP contribution in [0.2, 0.25) is 0 Å². The van der Waals surface area contributed by atoms with E-state index in [0.29, 0.717) is 5.92 Å². The maximum absolute atomic E-state index is 11.2. The van der Waals surface area contributed by atoms with Gasteiger partial charge in [0.1, 0.15) is 0 Å². The van der Waals surface area contributed by atoms with Crippen molar-refractivity contribution in [3.8, 4) is 0 Å². The Bertz CT molecular complexity index is 873. The highest BCUT2D eigenvalue weighted by Crippen LogP contribution is 2.70. The SMILES string of the molecule is C=C1C[C@]23C[C@@]1(O)CC[C@H]2c1cccc(C)c1[C@@H]3NCc1ccccc1. The van der Waals surface area contributed by atoms with Crippen LogP contribution >= 0.6 is 0 Å². The second-order valence-electron chi connectivity index (χ2n) is 8.69. The molecule has 0 radical (unpaired) electrons. The maximum Gasteiger partial charge on any atom is 0.0860 e. The van der Waals surface area contributed by atoms with Gasteiger partial charge in [0.05, 0.1) is 5.60 Å². The normalized spacial score (nSPS) is 34.6. The molecule has 3 aliphatic carbocycles. The lowest BCUT2D eigenvalue weighted by Crippen LogP contribution is -2.41. The van der Waals surface area contributed by atoms with Gasteiger partial charge in [-0.05, 0) is 66.4 Å².